The lowest BCUT2D eigenvalue weighted by atomic mass is 10.1. The third-order valence-electron chi connectivity index (χ3n) is 2.88. The number of hydrogen-bond acceptors (Lipinski definition) is 3. The highest BCUT2D eigenvalue weighted by molar-refractivity contribution is 5.77. The van der Waals surface area contributed by atoms with E-state index in [1.54, 1.807) is 6.21 Å². The fraction of sp³-hybridized carbons (Fsp3) is 0.643. The van der Waals surface area contributed by atoms with E-state index in [9.17, 15) is 0 Å². The molecule has 0 aromatic heterocycles. The van der Waals surface area contributed by atoms with Crippen molar-refractivity contribution in [2.75, 3.05) is 26.2 Å². The molecule has 1 aliphatic rings. The molecule has 0 atom stereocenters. The standard InChI is InChI=1S/C14H25N3/c1-4-14(16-12-13(2)3)15-8-11-17-9-6-5-7-10-17/h4,12,15H,2,5-11H2,1,3H3/b14-4-,16-12-. The first kappa shape index (κ1) is 14.0. The number of hydrogen-bond donors (Lipinski definition) is 1. The van der Waals surface area contributed by atoms with Crippen molar-refractivity contribution in [3.05, 3.63) is 24.0 Å². The summed E-state index contributed by atoms with van der Waals surface area (Å²) in [6.07, 6.45) is 7.89. The summed E-state index contributed by atoms with van der Waals surface area (Å²) in [5, 5.41) is 3.35. The zero-order valence-corrected chi connectivity index (χ0v) is 11.2. The maximum atomic E-state index is 4.33. The van der Waals surface area contributed by atoms with E-state index >= 15 is 0 Å². The number of aliphatic imine (C=N–C) groups is 1. The minimum Gasteiger partial charge on any atom is -0.369 e. The summed E-state index contributed by atoms with van der Waals surface area (Å²) in [4.78, 5) is 6.85. The number of nitrogens with zero attached hydrogens (tertiary/aromatic N) is 2. The van der Waals surface area contributed by atoms with Gasteiger partial charge in [-0.1, -0.05) is 13.0 Å². The van der Waals surface area contributed by atoms with Crippen molar-refractivity contribution < 1.29 is 0 Å². The van der Waals surface area contributed by atoms with E-state index in [1.165, 1.54) is 32.4 Å². The molecule has 1 fully saturated rings. The van der Waals surface area contributed by atoms with Crippen molar-refractivity contribution in [2.45, 2.75) is 33.1 Å². The van der Waals surface area contributed by atoms with Gasteiger partial charge in [-0.25, -0.2) is 4.99 Å². The molecule has 3 nitrogen and oxygen atoms in total. The van der Waals surface area contributed by atoms with Gasteiger partial charge < -0.3 is 10.2 Å². The molecule has 1 rings (SSSR count). The average Bonchev–Trinajstić information content (AvgIpc) is 2.34. The summed E-state index contributed by atoms with van der Waals surface area (Å²) >= 11 is 0. The SMILES string of the molecule is C=C(C)/C=N\C(=C/C)NCCN1CCCCC1. The fourth-order valence-corrected chi connectivity index (χ4v) is 1.93. The summed E-state index contributed by atoms with van der Waals surface area (Å²) in [6, 6.07) is 0. The molecule has 1 heterocycles. The maximum absolute atomic E-state index is 4.33. The van der Waals surface area contributed by atoms with E-state index < -0.39 is 0 Å². The Morgan fingerprint density at radius 1 is 1.35 bits per heavy atom. The second kappa shape index (κ2) is 8.07. The Labute approximate surface area is 105 Å². The van der Waals surface area contributed by atoms with Gasteiger partial charge in [0.05, 0.1) is 0 Å². The molecule has 0 bridgehead atoms. The van der Waals surface area contributed by atoms with Crippen LogP contribution in [0.1, 0.15) is 33.1 Å². The van der Waals surface area contributed by atoms with Crippen LogP contribution in [0.3, 0.4) is 0 Å². The van der Waals surface area contributed by atoms with Crippen LogP contribution in [-0.2, 0) is 0 Å². The molecule has 1 saturated heterocycles. The molecule has 1 aliphatic heterocycles. The maximum Gasteiger partial charge on any atom is 0.121 e. The molecule has 0 aromatic rings. The first-order chi connectivity index (χ1) is 8.22. The fourth-order valence-electron chi connectivity index (χ4n) is 1.93. The zero-order chi connectivity index (χ0) is 12.5. The topological polar surface area (TPSA) is 27.6 Å². The van der Waals surface area contributed by atoms with Crippen LogP contribution in [-0.4, -0.2) is 37.3 Å². The molecule has 0 aromatic carbocycles. The van der Waals surface area contributed by atoms with E-state index in [0.29, 0.717) is 0 Å². The van der Waals surface area contributed by atoms with E-state index in [4.69, 9.17) is 0 Å². The largest absolute Gasteiger partial charge is 0.369 e. The minimum atomic E-state index is 0.935. The van der Waals surface area contributed by atoms with Crippen molar-refractivity contribution >= 4 is 6.21 Å². The lowest BCUT2D eigenvalue weighted by molar-refractivity contribution is 0.231. The van der Waals surface area contributed by atoms with Gasteiger partial charge in [-0.2, -0.15) is 0 Å². The summed E-state index contributed by atoms with van der Waals surface area (Å²) in [6.45, 7) is 12.3. The lowest BCUT2D eigenvalue weighted by Gasteiger charge is -2.26. The van der Waals surface area contributed by atoms with Gasteiger partial charge in [-0.3, -0.25) is 0 Å². The lowest BCUT2D eigenvalue weighted by Crippen LogP contribution is -2.35. The molecule has 96 valence electrons. The third-order valence-corrected chi connectivity index (χ3v) is 2.88. The van der Waals surface area contributed by atoms with Crippen molar-refractivity contribution in [3.63, 3.8) is 0 Å². The van der Waals surface area contributed by atoms with Crippen LogP contribution in [0.25, 0.3) is 0 Å². The number of nitrogens with one attached hydrogen (secondary N) is 1. The third kappa shape index (κ3) is 6.27. The Kier molecular flexibility index (Phi) is 6.63. The number of rotatable bonds is 6. The zero-order valence-electron chi connectivity index (χ0n) is 11.2. The Morgan fingerprint density at radius 3 is 2.65 bits per heavy atom. The van der Waals surface area contributed by atoms with Gasteiger partial charge in [0.2, 0.25) is 0 Å². The van der Waals surface area contributed by atoms with Gasteiger partial charge in [0.1, 0.15) is 5.82 Å². The van der Waals surface area contributed by atoms with Crippen molar-refractivity contribution in [2.24, 2.45) is 4.99 Å². The smallest absolute Gasteiger partial charge is 0.121 e. The quantitative estimate of drug-likeness (QED) is 0.717. The van der Waals surface area contributed by atoms with Gasteiger partial charge in [0.15, 0.2) is 0 Å². The molecule has 17 heavy (non-hydrogen) atoms. The molecule has 1 N–H and O–H groups in total. The second-order valence-electron chi connectivity index (χ2n) is 4.61. The van der Waals surface area contributed by atoms with Crippen LogP contribution >= 0.6 is 0 Å². The highest BCUT2D eigenvalue weighted by Gasteiger charge is 2.08. The van der Waals surface area contributed by atoms with Gasteiger partial charge in [0.25, 0.3) is 0 Å². The summed E-state index contributed by atoms with van der Waals surface area (Å²) in [5.41, 5.74) is 0.974. The van der Waals surface area contributed by atoms with E-state index in [1.807, 2.05) is 19.9 Å². The van der Waals surface area contributed by atoms with Crippen LogP contribution in [0.15, 0.2) is 29.0 Å². The molecular formula is C14H25N3. The number of allylic oxidation sites excluding steroid dienone is 2. The molecule has 0 unspecified atom stereocenters. The molecule has 3 heteroatoms. The van der Waals surface area contributed by atoms with Crippen LogP contribution in [0.5, 0.6) is 0 Å². The number of piperidine rings is 1. The summed E-state index contributed by atoms with van der Waals surface area (Å²) in [7, 11) is 0. The van der Waals surface area contributed by atoms with Gasteiger partial charge >= 0.3 is 0 Å². The van der Waals surface area contributed by atoms with Crippen LogP contribution in [0.2, 0.25) is 0 Å². The second-order valence-corrected chi connectivity index (χ2v) is 4.61. The molecule has 0 spiro atoms. The Balaban J connectivity index is 2.21. The van der Waals surface area contributed by atoms with Crippen LogP contribution in [0.4, 0.5) is 0 Å². The van der Waals surface area contributed by atoms with E-state index in [-0.39, 0.29) is 0 Å². The van der Waals surface area contributed by atoms with Crippen LogP contribution in [0, 0.1) is 0 Å². The highest BCUT2D eigenvalue weighted by Crippen LogP contribution is 2.07. The van der Waals surface area contributed by atoms with Crippen molar-refractivity contribution in [1.29, 1.82) is 0 Å². The Morgan fingerprint density at radius 2 is 2.06 bits per heavy atom. The number of likely N-dealkylation sites (tertiary alicyclic amines) is 1. The van der Waals surface area contributed by atoms with Crippen LogP contribution < -0.4 is 5.32 Å². The average molecular weight is 235 g/mol. The first-order valence-electron chi connectivity index (χ1n) is 6.54. The molecule has 0 radical (unpaired) electrons. The van der Waals surface area contributed by atoms with Crippen molar-refractivity contribution in [3.8, 4) is 0 Å². The molecule has 0 aliphatic carbocycles. The predicted octanol–water partition coefficient (Wildman–Crippen LogP) is 2.57. The molecule has 0 saturated carbocycles. The minimum absolute atomic E-state index is 0.935. The van der Waals surface area contributed by atoms with Crippen molar-refractivity contribution in [1.82, 2.24) is 10.2 Å². The Bertz CT molecular complexity index is 286. The van der Waals surface area contributed by atoms with Gasteiger partial charge in [-0.05, 0) is 51.4 Å². The van der Waals surface area contributed by atoms with E-state index in [0.717, 1.165) is 24.5 Å². The monoisotopic (exact) mass is 235 g/mol. The van der Waals surface area contributed by atoms with Gasteiger partial charge in [0, 0.05) is 19.3 Å². The van der Waals surface area contributed by atoms with Gasteiger partial charge in [-0.15, -0.1) is 0 Å². The summed E-state index contributed by atoms with van der Waals surface area (Å²) in [5.74, 6) is 0.935. The first-order valence-corrected chi connectivity index (χ1v) is 6.54. The van der Waals surface area contributed by atoms with E-state index in [2.05, 4.69) is 21.8 Å². The molecular weight excluding hydrogens is 210 g/mol. The highest BCUT2D eigenvalue weighted by atomic mass is 15.1. The normalized spacial score (nSPS) is 18.6. The predicted molar refractivity (Wildman–Crippen MR) is 75.4 cm³/mol. The Hall–Kier alpha value is -1.09. The summed E-state index contributed by atoms with van der Waals surface area (Å²) < 4.78 is 0. The molecule has 0 amide bonds.